The summed E-state index contributed by atoms with van der Waals surface area (Å²) in [6.07, 6.45) is 0.654. The second-order valence-corrected chi connectivity index (χ2v) is 9.99. The maximum absolute atomic E-state index is 11.6. The van der Waals surface area contributed by atoms with Crippen LogP contribution in [-0.4, -0.2) is 47.7 Å². The van der Waals surface area contributed by atoms with Crippen molar-refractivity contribution in [2.75, 3.05) is 23.9 Å². The Hall–Kier alpha value is -1.00. The van der Waals surface area contributed by atoms with Crippen molar-refractivity contribution < 1.29 is 8.42 Å². The van der Waals surface area contributed by atoms with E-state index in [0.717, 1.165) is 5.69 Å². The van der Waals surface area contributed by atoms with Gasteiger partial charge in [0.2, 0.25) is 5.13 Å². The largest absolute Gasteiger partial charge is 0.329 e. The van der Waals surface area contributed by atoms with E-state index in [1.54, 1.807) is 10.7 Å². The van der Waals surface area contributed by atoms with Crippen molar-refractivity contribution in [1.29, 1.82) is 0 Å². The van der Waals surface area contributed by atoms with Gasteiger partial charge in [0.15, 0.2) is 13.8 Å². The number of nitrogens with one attached hydrogen (secondary N) is 1. The number of hydrogen-bond donors (Lipinski definition) is 1. The summed E-state index contributed by atoms with van der Waals surface area (Å²) >= 11 is 12.8. The topological polar surface area (TPSA) is 67.2 Å². The van der Waals surface area contributed by atoms with E-state index in [4.69, 9.17) is 23.8 Å². The van der Waals surface area contributed by atoms with Crippen LogP contribution in [0.2, 0.25) is 5.02 Å². The van der Waals surface area contributed by atoms with E-state index in [1.807, 2.05) is 30.1 Å². The van der Waals surface area contributed by atoms with Crippen molar-refractivity contribution in [3.63, 3.8) is 0 Å². The highest BCUT2D eigenvalue weighted by Gasteiger charge is 2.30. The van der Waals surface area contributed by atoms with Crippen molar-refractivity contribution in [2.24, 2.45) is 0 Å². The van der Waals surface area contributed by atoms with Gasteiger partial charge in [-0.25, -0.2) is 13.1 Å². The van der Waals surface area contributed by atoms with E-state index in [2.05, 4.69) is 10.4 Å². The Morgan fingerprint density at radius 2 is 2.25 bits per heavy atom. The molecule has 0 amide bonds. The quantitative estimate of drug-likeness (QED) is 0.772. The van der Waals surface area contributed by atoms with Crippen molar-refractivity contribution in [3.8, 4) is 0 Å². The highest BCUT2D eigenvalue weighted by Crippen LogP contribution is 2.26. The molecule has 1 aromatic heterocycles. The van der Waals surface area contributed by atoms with Crippen molar-refractivity contribution in [1.82, 2.24) is 14.7 Å². The number of aromatic nitrogens is 2. The van der Waals surface area contributed by atoms with Gasteiger partial charge in [-0.3, -0.25) is 4.90 Å². The monoisotopic (exact) mass is 404 g/mol. The van der Waals surface area contributed by atoms with Gasteiger partial charge >= 0.3 is 0 Å². The minimum Gasteiger partial charge on any atom is -0.329 e. The third-order valence-electron chi connectivity index (χ3n) is 3.91. The van der Waals surface area contributed by atoms with E-state index in [9.17, 15) is 8.42 Å². The molecule has 0 saturated carbocycles. The fraction of sp³-hybridized carbons (Fsp3) is 0.429. The number of sulfone groups is 1. The first-order valence-electron chi connectivity index (χ1n) is 7.34. The first kappa shape index (κ1) is 17.8. The average molecular weight is 405 g/mol. The minimum absolute atomic E-state index is 0.0126. The van der Waals surface area contributed by atoms with Crippen LogP contribution in [0.15, 0.2) is 24.3 Å². The maximum Gasteiger partial charge on any atom is 0.209 e. The first-order valence-corrected chi connectivity index (χ1v) is 10.8. The lowest BCUT2D eigenvalue weighted by molar-refractivity contribution is 0.198. The van der Waals surface area contributed by atoms with Crippen LogP contribution in [0.25, 0.3) is 0 Å². The Bertz CT molecular complexity index is 893. The molecule has 1 atom stereocenters. The minimum atomic E-state index is -2.90. The van der Waals surface area contributed by atoms with E-state index in [-0.39, 0.29) is 17.5 Å². The normalized spacial score (nSPS) is 19.7. The summed E-state index contributed by atoms with van der Waals surface area (Å²) in [5, 5.41) is 8.89. The molecule has 1 aromatic carbocycles. The summed E-state index contributed by atoms with van der Waals surface area (Å²) in [5.41, 5.74) is 0.769. The lowest BCUT2D eigenvalue weighted by Gasteiger charge is -2.22. The van der Waals surface area contributed by atoms with Gasteiger partial charge in [0.05, 0.1) is 28.9 Å². The Morgan fingerprint density at radius 1 is 1.50 bits per heavy atom. The molecular formula is C14H17ClN4O2S3. The molecule has 3 rings (SSSR count). The summed E-state index contributed by atoms with van der Waals surface area (Å²) in [6.45, 7) is 0.458. The van der Waals surface area contributed by atoms with Crippen LogP contribution in [-0.2, 0) is 16.5 Å². The molecule has 130 valence electrons. The summed E-state index contributed by atoms with van der Waals surface area (Å²) in [4.78, 5) is 1.99. The van der Waals surface area contributed by atoms with E-state index in [0.29, 0.717) is 27.2 Å². The molecule has 6 nitrogen and oxygen atoms in total. The molecule has 0 spiro atoms. The van der Waals surface area contributed by atoms with Gasteiger partial charge in [-0.1, -0.05) is 35.1 Å². The molecule has 1 fully saturated rings. The highest BCUT2D eigenvalue weighted by atomic mass is 35.5. The molecule has 0 unspecified atom stereocenters. The van der Waals surface area contributed by atoms with Crippen molar-refractivity contribution in [3.05, 3.63) is 33.2 Å². The first-order chi connectivity index (χ1) is 11.3. The Kier molecular flexibility index (Phi) is 5.26. The van der Waals surface area contributed by atoms with Gasteiger partial charge in [-0.2, -0.15) is 0 Å². The fourth-order valence-electron chi connectivity index (χ4n) is 2.57. The van der Waals surface area contributed by atoms with Crippen LogP contribution in [0.5, 0.6) is 0 Å². The van der Waals surface area contributed by atoms with Gasteiger partial charge in [0.25, 0.3) is 0 Å². The molecule has 0 radical (unpaired) electrons. The standard InChI is InChI=1S/C14H17ClN4O2S3/c1-18(10-6-7-24(20,21)8-10)9-19-14(22)23-13(17-19)16-12-5-3-2-4-11(12)15/h2-5,10H,6-9H2,1H3,(H,16,17)/t10-/m0/s1. The van der Waals surface area contributed by atoms with E-state index >= 15 is 0 Å². The van der Waals surface area contributed by atoms with E-state index in [1.165, 1.54) is 11.3 Å². The molecule has 1 aliphatic heterocycles. The summed E-state index contributed by atoms with van der Waals surface area (Å²) in [6, 6.07) is 7.43. The van der Waals surface area contributed by atoms with Crippen LogP contribution in [0.4, 0.5) is 10.8 Å². The summed E-state index contributed by atoms with van der Waals surface area (Å²) in [7, 11) is -1.01. The molecule has 1 aliphatic rings. The predicted molar refractivity (Wildman–Crippen MR) is 100 cm³/mol. The number of para-hydroxylation sites is 1. The third kappa shape index (κ3) is 4.15. The molecule has 0 aliphatic carbocycles. The summed E-state index contributed by atoms with van der Waals surface area (Å²) in [5.74, 6) is 0.454. The number of nitrogens with zero attached hydrogens (tertiary/aromatic N) is 3. The zero-order valence-electron chi connectivity index (χ0n) is 13.0. The van der Waals surface area contributed by atoms with Gasteiger partial charge < -0.3 is 5.32 Å². The van der Waals surface area contributed by atoms with Crippen LogP contribution < -0.4 is 5.32 Å². The number of halogens is 1. The Labute approximate surface area is 155 Å². The second kappa shape index (κ2) is 7.09. The SMILES string of the molecule is CN(Cn1nc(Nc2ccccc2Cl)sc1=S)[C@H]1CCS(=O)(=O)C1. The fourth-order valence-corrected chi connectivity index (χ4v) is 5.57. The zero-order chi connectivity index (χ0) is 17.3. The Morgan fingerprint density at radius 3 is 2.92 bits per heavy atom. The molecule has 1 N–H and O–H groups in total. The lowest BCUT2D eigenvalue weighted by Crippen LogP contribution is -2.34. The van der Waals surface area contributed by atoms with Crippen LogP contribution in [0.1, 0.15) is 6.42 Å². The van der Waals surface area contributed by atoms with Crippen molar-refractivity contribution >= 4 is 55.8 Å². The van der Waals surface area contributed by atoms with Crippen LogP contribution >= 0.6 is 35.2 Å². The molecule has 24 heavy (non-hydrogen) atoms. The molecular weight excluding hydrogens is 388 g/mol. The zero-order valence-corrected chi connectivity index (χ0v) is 16.2. The van der Waals surface area contributed by atoms with Crippen LogP contribution in [0, 0.1) is 3.95 Å². The number of benzene rings is 1. The van der Waals surface area contributed by atoms with Crippen molar-refractivity contribution in [2.45, 2.75) is 19.1 Å². The molecule has 0 bridgehead atoms. The Balaban J connectivity index is 1.70. The molecule has 2 heterocycles. The number of anilines is 2. The van der Waals surface area contributed by atoms with Gasteiger partial charge in [0.1, 0.15) is 0 Å². The van der Waals surface area contributed by atoms with Gasteiger partial charge in [-0.05, 0) is 37.8 Å². The number of rotatable bonds is 5. The average Bonchev–Trinajstić information content (AvgIpc) is 3.04. The maximum atomic E-state index is 11.6. The van der Waals surface area contributed by atoms with Gasteiger partial charge in [-0.15, -0.1) is 5.10 Å². The lowest BCUT2D eigenvalue weighted by atomic mass is 10.2. The highest BCUT2D eigenvalue weighted by molar-refractivity contribution is 7.91. The smallest absolute Gasteiger partial charge is 0.209 e. The van der Waals surface area contributed by atoms with Gasteiger partial charge in [0, 0.05) is 6.04 Å². The number of hydrogen-bond acceptors (Lipinski definition) is 7. The molecule has 10 heteroatoms. The van der Waals surface area contributed by atoms with Crippen LogP contribution in [0.3, 0.4) is 0 Å². The van der Waals surface area contributed by atoms with E-state index < -0.39 is 9.84 Å². The second-order valence-electron chi connectivity index (χ2n) is 5.73. The third-order valence-corrected chi connectivity index (χ3v) is 7.21. The molecule has 2 aromatic rings. The molecule has 1 saturated heterocycles. The predicted octanol–water partition coefficient (Wildman–Crippen LogP) is 3.15. The summed E-state index contributed by atoms with van der Waals surface area (Å²) < 4.78 is 25.5.